The number of rotatable bonds is 6. The van der Waals surface area contributed by atoms with E-state index in [2.05, 4.69) is 15.3 Å². The summed E-state index contributed by atoms with van der Waals surface area (Å²) in [6.07, 6.45) is 3.18. The second kappa shape index (κ2) is 6.80. The molecule has 2 aromatic rings. The molecule has 0 fully saturated rings. The molecule has 1 aliphatic carbocycles. The van der Waals surface area contributed by atoms with Crippen LogP contribution in [0.5, 0.6) is 0 Å². The molecule has 7 heteroatoms. The topological polar surface area (TPSA) is 78.1 Å². The van der Waals surface area contributed by atoms with Crippen LogP contribution in [0, 0.1) is 0 Å². The Balaban J connectivity index is 1.83. The van der Waals surface area contributed by atoms with Crippen LogP contribution >= 0.6 is 11.3 Å². The minimum Gasteiger partial charge on any atom is -0.355 e. The third kappa shape index (κ3) is 3.30. The second-order valence-corrected chi connectivity index (χ2v) is 6.89. The van der Waals surface area contributed by atoms with Gasteiger partial charge in [0.2, 0.25) is 5.91 Å². The Labute approximate surface area is 138 Å². The highest BCUT2D eigenvalue weighted by molar-refractivity contribution is 7.18. The molecule has 0 atom stereocenters. The lowest BCUT2D eigenvalue weighted by Gasteiger charge is -2.18. The van der Waals surface area contributed by atoms with Gasteiger partial charge in [0.05, 0.1) is 18.5 Å². The molecule has 1 aliphatic rings. The largest absolute Gasteiger partial charge is 0.355 e. The standard InChI is InChI=1S/C16H22N4O2S/c1-3-17-13(21)9-20(4-2)8-12-18-15(22)14-10-6-5-7-11(10)23-16(14)19-12/h3-9H2,1-2H3,(H,17,21)(H,18,19,22). The van der Waals surface area contributed by atoms with Crippen molar-refractivity contribution in [2.45, 2.75) is 39.7 Å². The zero-order chi connectivity index (χ0) is 16.4. The Morgan fingerprint density at radius 1 is 1.39 bits per heavy atom. The first-order valence-electron chi connectivity index (χ1n) is 8.14. The number of hydrogen-bond acceptors (Lipinski definition) is 5. The summed E-state index contributed by atoms with van der Waals surface area (Å²) >= 11 is 1.64. The van der Waals surface area contributed by atoms with Gasteiger partial charge in [0.1, 0.15) is 10.7 Å². The molecule has 23 heavy (non-hydrogen) atoms. The summed E-state index contributed by atoms with van der Waals surface area (Å²) in [6.45, 7) is 6.03. The normalized spacial score (nSPS) is 13.7. The molecule has 3 rings (SSSR count). The molecule has 0 bridgehead atoms. The fourth-order valence-electron chi connectivity index (χ4n) is 3.07. The molecule has 6 nitrogen and oxygen atoms in total. The van der Waals surface area contributed by atoms with Crippen LogP contribution < -0.4 is 10.9 Å². The minimum absolute atomic E-state index is 0.00660. The molecule has 2 aromatic heterocycles. The summed E-state index contributed by atoms with van der Waals surface area (Å²) in [5, 5.41) is 3.57. The van der Waals surface area contributed by atoms with Crippen LogP contribution in [0.3, 0.4) is 0 Å². The van der Waals surface area contributed by atoms with Gasteiger partial charge in [-0.15, -0.1) is 11.3 Å². The van der Waals surface area contributed by atoms with Gasteiger partial charge >= 0.3 is 0 Å². The van der Waals surface area contributed by atoms with E-state index in [0.717, 1.165) is 36.0 Å². The molecule has 0 saturated heterocycles. The third-order valence-corrected chi connectivity index (χ3v) is 5.37. The van der Waals surface area contributed by atoms with Crippen molar-refractivity contribution in [3.05, 3.63) is 26.6 Å². The molecule has 1 amide bonds. The quantitative estimate of drug-likeness (QED) is 0.838. The van der Waals surface area contributed by atoms with Gasteiger partial charge in [0, 0.05) is 11.4 Å². The van der Waals surface area contributed by atoms with Crippen molar-refractivity contribution >= 4 is 27.5 Å². The van der Waals surface area contributed by atoms with E-state index in [1.54, 1.807) is 11.3 Å². The summed E-state index contributed by atoms with van der Waals surface area (Å²) in [7, 11) is 0. The maximum atomic E-state index is 12.4. The Hall–Kier alpha value is -1.73. The number of hydrogen-bond donors (Lipinski definition) is 2. The van der Waals surface area contributed by atoms with E-state index >= 15 is 0 Å². The number of aryl methyl sites for hydroxylation is 2. The summed E-state index contributed by atoms with van der Waals surface area (Å²) in [5.41, 5.74) is 1.15. The number of nitrogens with one attached hydrogen (secondary N) is 2. The number of nitrogens with zero attached hydrogens (tertiary/aromatic N) is 2. The molecular weight excluding hydrogens is 312 g/mol. The van der Waals surface area contributed by atoms with Crippen LogP contribution in [0.15, 0.2) is 4.79 Å². The first-order chi connectivity index (χ1) is 11.1. The third-order valence-electron chi connectivity index (χ3n) is 4.19. The van der Waals surface area contributed by atoms with Crippen LogP contribution in [0.2, 0.25) is 0 Å². The van der Waals surface area contributed by atoms with Crippen LogP contribution in [0.25, 0.3) is 10.2 Å². The number of aromatic amines is 1. The van der Waals surface area contributed by atoms with Crippen molar-refractivity contribution in [1.29, 1.82) is 0 Å². The lowest BCUT2D eigenvalue weighted by Crippen LogP contribution is -2.37. The number of carbonyl (C=O) groups excluding carboxylic acids is 1. The number of amides is 1. The number of thiophene rings is 1. The van der Waals surface area contributed by atoms with Gasteiger partial charge in [0.25, 0.3) is 5.56 Å². The maximum absolute atomic E-state index is 12.4. The average Bonchev–Trinajstić information content (AvgIpc) is 3.06. The van der Waals surface area contributed by atoms with Gasteiger partial charge in [-0.25, -0.2) is 4.98 Å². The Morgan fingerprint density at radius 3 is 2.96 bits per heavy atom. The first kappa shape index (κ1) is 16.1. The summed E-state index contributed by atoms with van der Waals surface area (Å²) in [5.74, 6) is 0.626. The van der Waals surface area contributed by atoms with Gasteiger partial charge in [-0.1, -0.05) is 6.92 Å². The van der Waals surface area contributed by atoms with E-state index in [0.29, 0.717) is 25.5 Å². The Morgan fingerprint density at radius 2 is 2.22 bits per heavy atom. The molecule has 0 aromatic carbocycles. The fraction of sp³-hybridized carbons (Fsp3) is 0.562. The zero-order valence-electron chi connectivity index (χ0n) is 13.6. The van der Waals surface area contributed by atoms with E-state index < -0.39 is 0 Å². The smallest absolute Gasteiger partial charge is 0.259 e. The van der Waals surface area contributed by atoms with E-state index in [1.165, 1.54) is 10.4 Å². The highest BCUT2D eigenvalue weighted by Crippen LogP contribution is 2.34. The highest BCUT2D eigenvalue weighted by atomic mass is 32.1. The summed E-state index contributed by atoms with van der Waals surface area (Å²) in [6, 6.07) is 0. The molecule has 0 spiro atoms. The zero-order valence-corrected chi connectivity index (χ0v) is 14.4. The summed E-state index contributed by atoms with van der Waals surface area (Å²) < 4.78 is 0. The number of H-pyrrole nitrogens is 1. The molecule has 2 N–H and O–H groups in total. The van der Waals surface area contributed by atoms with Crippen LogP contribution in [-0.4, -0.2) is 40.4 Å². The van der Waals surface area contributed by atoms with Gasteiger partial charge < -0.3 is 10.3 Å². The van der Waals surface area contributed by atoms with E-state index in [1.807, 2.05) is 18.7 Å². The molecule has 0 radical (unpaired) electrons. The van der Waals surface area contributed by atoms with Crippen molar-refractivity contribution in [1.82, 2.24) is 20.2 Å². The van der Waals surface area contributed by atoms with E-state index in [9.17, 15) is 9.59 Å². The summed E-state index contributed by atoms with van der Waals surface area (Å²) in [4.78, 5) is 35.8. The minimum atomic E-state index is -0.0431. The van der Waals surface area contributed by atoms with Gasteiger partial charge in [-0.2, -0.15) is 0 Å². The van der Waals surface area contributed by atoms with Crippen LogP contribution in [0.4, 0.5) is 0 Å². The van der Waals surface area contributed by atoms with Crippen LogP contribution in [-0.2, 0) is 24.2 Å². The van der Waals surface area contributed by atoms with E-state index in [-0.39, 0.29) is 11.5 Å². The molecule has 0 unspecified atom stereocenters. The van der Waals surface area contributed by atoms with Crippen molar-refractivity contribution < 1.29 is 4.79 Å². The molecule has 2 heterocycles. The molecular formula is C16H22N4O2S. The van der Waals surface area contributed by atoms with Crippen molar-refractivity contribution in [3.8, 4) is 0 Å². The first-order valence-corrected chi connectivity index (χ1v) is 8.96. The molecule has 0 saturated carbocycles. The van der Waals surface area contributed by atoms with Crippen molar-refractivity contribution in [2.24, 2.45) is 0 Å². The molecule has 0 aliphatic heterocycles. The number of aromatic nitrogens is 2. The maximum Gasteiger partial charge on any atom is 0.259 e. The highest BCUT2D eigenvalue weighted by Gasteiger charge is 2.21. The van der Waals surface area contributed by atoms with Gasteiger partial charge in [-0.3, -0.25) is 14.5 Å². The Kier molecular flexibility index (Phi) is 4.77. The monoisotopic (exact) mass is 334 g/mol. The van der Waals surface area contributed by atoms with Crippen LogP contribution in [0.1, 0.15) is 36.5 Å². The lowest BCUT2D eigenvalue weighted by atomic mass is 10.2. The van der Waals surface area contributed by atoms with Gasteiger partial charge in [-0.05, 0) is 38.3 Å². The number of fused-ring (bicyclic) bond motifs is 3. The van der Waals surface area contributed by atoms with Crippen molar-refractivity contribution in [2.75, 3.05) is 19.6 Å². The average molecular weight is 334 g/mol. The molecule has 124 valence electrons. The Bertz CT molecular complexity index is 780. The van der Waals surface area contributed by atoms with Gasteiger partial charge in [0.15, 0.2) is 0 Å². The predicted molar refractivity (Wildman–Crippen MR) is 91.9 cm³/mol. The van der Waals surface area contributed by atoms with E-state index in [4.69, 9.17) is 0 Å². The second-order valence-electron chi connectivity index (χ2n) is 5.81. The fourth-order valence-corrected chi connectivity index (χ4v) is 4.35. The van der Waals surface area contributed by atoms with Crippen molar-refractivity contribution in [3.63, 3.8) is 0 Å². The lowest BCUT2D eigenvalue weighted by molar-refractivity contribution is -0.122. The predicted octanol–water partition coefficient (Wildman–Crippen LogP) is 1.43. The number of likely N-dealkylation sites (N-methyl/N-ethyl adjacent to an activating group) is 2. The number of carbonyl (C=O) groups is 1. The SMILES string of the molecule is CCNC(=O)CN(CC)Cc1nc2sc3c(c2c(=O)[nH]1)CCC3.